The molecule has 0 saturated carbocycles. The van der Waals surface area contributed by atoms with Gasteiger partial charge in [0.1, 0.15) is 0 Å². The van der Waals surface area contributed by atoms with Crippen LogP contribution in [0.25, 0.3) is 0 Å². The Balaban J connectivity index is 0.00000112. The summed E-state index contributed by atoms with van der Waals surface area (Å²) < 4.78 is 5.44. The zero-order valence-corrected chi connectivity index (χ0v) is 11.6. The van der Waals surface area contributed by atoms with Crippen LogP contribution in [0.1, 0.15) is 13.3 Å². The zero-order chi connectivity index (χ0) is 9.80. The van der Waals surface area contributed by atoms with Gasteiger partial charge in [0.15, 0.2) is 5.96 Å². The van der Waals surface area contributed by atoms with Gasteiger partial charge in [0.05, 0.1) is 13.2 Å². The Bertz CT molecular complexity index is 215. The minimum absolute atomic E-state index is 0. The third-order valence-corrected chi connectivity index (χ3v) is 2.79. The number of nitrogens with zero attached hydrogens (tertiary/aromatic N) is 3. The third kappa shape index (κ3) is 3.21. The second-order valence-corrected chi connectivity index (χ2v) is 3.71. The number of guanidine groups is 1. The largest absolute Gasteiger partial charge is 0.380 e. The fourth-order valence-electron chi connectivity index (χ4n) is 2.02. The van der Waals surface area contributed by atoms with E-state index in [-0.39, 0.29) is 24.0 Å². The van der Waals surface area contributed by atoms with Crippen molar-refractivity contribution in [2.75, 3.05) is 45.9 Å². The lowest BCUT2D eigenvalue weighted by molar-refractivity contribution is 0.146. The fourth-order valence-corrected chi connectivity index (χ4v) is 2.02. The Hall–Kier alpha value is -0.0400. The molecule has 2 rings (SSSR count). The van der Waals surface area contributed by atoms with Gasteiger partial charge in [-0.2, -0.15) is 0 Å². The summed E-state index contributed by atoms with van der Waals surface area (Å²) in [6.45, 7) is 9.13. The Morgan fingerprint density at radius 3 is 2.93 bits per heavy atom. The van der Waals surface area contributed by atoms with Gasteiger partial charge in [0.25, 0.3) is 0 Å². The highest BCUT2D eigenvalue weighted by molar-refractivity contribution is 14.0. The van der Waals surface area contributed by atoms with Gasteiger partial charge < -0.3 is 14.5 Å². The highest BCUT2D eigenvalue weighted by Gasteiger charge is 2.22. The summed E-state index contributed by atoms with van der Waals surface area (Å²) in [7, 11) is 0. The minimum Gasteiger partial charge on any atom is -0.380 e. The van der Waals surface area contributed by atoms with E-state index in [1.54, 1.807) is 0 Å². The first-order chi connectivity index (χ1) is 6.92. The van der Waals surface area contributed by atoms with Crippen LogP contribution in [-0.4, -0.2) is 61.7 Å². The van der Waals surface area contributed by atoms with E-state index in [9.17, 15) is 0 Å². The maximum absolute atomic E-state index is 5.44. The molecule has 0 amide bonds. The van der Waals surface area contributed by atoms with Gasteiger partial charge in [-0.15, -0.1) is 24.0 Å². The van der Waals surface area contributed by atoms with E-state index in [4.69, 9.17) is 4.74 Å². The highest BCUT2D eigenvalue weighted by atomic mass is 127. The van der Waals surface area contributed by atoms with Gasteiger partial charge in [-0.3, -0.25) is 4.99 Å². The molecule has 2 heterocycles. The monoisotopic (exact) mass is 325 g/mol. The molecule has 2 aliphatic rings. The average Bonchev–Trinajstić information content (AvgIpc) is 2.52. The SMILES string of the molecule is CCN1CCN=C1N1CCCOCC1.I. The quantitative estimate of drug-likeness (QED) is 0.674. The number of aliphatic imine (C=N–C) groups is 1. The Morgan fingerprint density at radius 1 is 1.27 bits per heavy atom. The van der Waals surface area contributed by atoms with E-state index in [1.807, 2.05) is 0 Å². The van der Waals surface area contributed by atoms with Crippen molar-refractivity contribution >= 4 is 29.9 Å². The van der Waals surface area contributed by atoms with Crippen molar-refractivity contribution in [1.82, 2.24) is 9.80 Å². The number of hydrogen-bond acceptors (Lipinski definition) is 4. The van der Waals surface area contributed by atoms with Crippen molar-refractivity contribution in [2.24, 2.45) is 4.99 Å². The van der Waals surface area contributed by atoms with Crippen molar-refractivity contribution in [2.45, 2.75) is 13.3 Å². The van der Waals surface area contributed by atoms with Crippen LogP contribution in [0.5, 0.6) is 0 Å². The molecule has 0 radical (unpaired) electrons. The molecule has 0 aromatic rings. The van der Waals surface area contributed by atoms with Crippen molar-refractivity contribution in [3.63, 3.8) is 0 Å². The predicted molar refractivity (Wildman–Crippen MR) is 72.0 cm³/mol. The molecule has 88 valence electrons. The lowest BCUT2D eigenvalue weighted by Gasteiger charge is -2.28. The molecule has 1 fully saturated rings. The second-order valence-electron chi connectivity index (χ2n) is 3.71. The van der Waals surface area contributed by atoms with Gasteiger partial charge in [-0.1, -0.05) is 0 Å². The zero-order valence-electron chi connectivity index (χ0n) is 9.31. The van der Waals surface area contributed by atoms with Crippen LogP contribution in [-0.2, 0) is 4.74 Å². The summed E-state index contributed by atoms with van der Waals surface area (Å²) in [5, 5.41) is 0. The molecule has 0 N–H and O–H groups in total. The topological polar surface area (TPSA) is 28.1 Å². The minimum atomic E-state index is 0. The maximum Gasteiger partial charge on any atom is 0.196 e. The Labute approximate surface area is 109 Å². The molecular weight excluding hydrogens is 305 g/mol. The predicted octanol–water partition coefficient (Wildman–Crippen LogP) is 1.02. The fraction of sp³-hybridized carbons (Fsp3) is 0.900. The van der Waals surface area contributed by atoms with Crippen LogP contribution in [0, 0.1) is 0 Å². The number of likely N-dealkylation sites (N-methyl/N-ethyl adjacent to an activating group) is 1. The normalized spacial score (nSPS) is 22.1. The summed E-state index contributed by atoms with van der Waals surface area (Å²) in [6, 6.07) is 0. The molecule has 0 aliphatic carbocycles. The van der Waals surface area contributed by atoms with E-state index in [2.05, 4.69) is 21.7 Å². The van der Waals surface area contributed by atoms with Crippen LogP contribution in [0.3, 0.4) is 0 Å². The van der Waals surface area contributed by atoms with Crippen LogP contribution in [0.15, 0.2) is 4.99 Å². The molecule has 0 bridgehead atoms. The molecule has 0 spiro atoms. The van der Waals surface area contributed by atoms with Gasteiger partial charge >= 0.3 is 0 Å². The molecule has 0 atom stereocenters. The van der Waals surface area contributed by atoms with Crippen LogP contribution < -0.4 is 0 Å². The standard InChI is InChI=1S/C10H19N3O.HI/c1-2-12-6-4-11-10(12)13-5-3-8-14-9-7-13;/h2-9H2,1H3;1H. The molecule has 2 aliphatic heterocycles. The van der Waals surface area contributed by atoms with Crippen molar-refractivity contribution in [3.8, 4) is 0 Å². The first kappa shape index (κ1) is 13.0. The first-order valence-corrected chi connectivity index (χ1v) is 5.54. The third-order valence-electron chi connectivity index (χ3n) is 2.79. The van der Waals surface area contributed by atoms with E-state index in [1.165, 1.54) is 5.96 Å². The molecular formula is C10H20IN3O. The lowest BCUT2D eigenvalue weighted by atomic mass is 10.4. The molecule has 15 heavy (non-hydrogen) atoms. The van der Waals surface area contributed by atoms with E-state index >= 15 is 0 Å². The molecule has 4 nitrogen and oxygen atoms in total. The van der Waals surface area contributed by atoms with E-state index in [0.29, 0.717) is 0 Å². The summed E-state index contributed by atoms with van der Waals surface area (Å²) in [6.07, 6.45) is 1.12. The number of ether oxygens (including phenoxy) is 1. The van der Waals surface area contributed by atoms with Crippen LogP contribution in [0.4, 0.5) is 0 Å². The summed E-state index contributed by atoms with van der Waals surface area (Å²) in [4.78, 5) is 9.28. The Morgan fingerprint density at radius 2 is 2.13 bits per heavy atom. The molecule has 0 aromatic carbocycles. The van der Waals surface area contributed by atoms with Crippen molar-refractivity contribution in [1.29, 1.82) is 0 Å². The Kier molecular flexibility index (Phi) is 5.66. The summed E-state index contributed by atoms with van der Waals surface area (Å²) in [5.41, 5.74) is 0. The highest BCUT2D eigenvalue weighted by Crippen LogP contribution is 2.08. The van der Waals surface area contributed by atoms with Crippen molar-refractivity contribution < 1.29 is 4.74 Å². The van der Waals surface area contributed by atoms with Gasteiger partial charge in [-0.05, 0) is 13.3 Å². The van der Waals surface area contributed by atoms with Gasteiger partial charge in [-0.25, -0.2) is 0 Å². The second kappa shape index (κ2) is 6.52. The maximum atomic E-state index is 5.44. The van der Waals surface area contributed by atoms with Crippen LogP contribution in [0.2, 0.25) is 0 Å². The van der Waals surface area contributed by atoms with Crippen LogP contribution >= 0.6 is 24.0 Å². The molecule has 5 heteroatoms. The molecule has 1 saturated heterocycles. The number of hydrogen-bond donors (Lipinski definition) is 0. The summed E-state index contributed by atoms with van der Waals surface area (Å²) >= 11 is 0. The van der Waals surface area contributed by atoms with E-state index in [0.717, 1.165) is 52.4 Å². The van der Waals surface area contributed by atoms with Gasteiger partial charge in [0.2, 0.25) is 0 Å². The average molecular weight is 325 g/mol. The van der Waals surface area contributed by atoms with Crippen molar-refractivity contribution in [3.05, 3.63) is 0 Å². The summed E-state index contributed by atoms with van der Waals surface area (Å²) in [5.74, 6) is 1.19. The molecule has 0 aromatic heterocycles. The first-order valence-electron chi connectivity index (χ1n) is 5.54. The molecule has 0 unspecified atom stereocenters. The van der Waals surface area contributed by atoms with Gasteiger partial charge in [0, 0.05) is 32.8 Å². The van der Waals surface area contributed by atoms with E-state index < -0.39 is 0 Å². The smallest absolute Gasteiger partial charge is 0.196 e. The number of halogens is 1. The lowest BCUT2D eigenvalue weighted by Crippen LogP contribution is -2.43. The number of rotatable bonds is 1.